The van der Waals surface area contributed by atoms with E-state index in [1.54, 1.807) is 0 Å². The number of carbonyl (C=O) groups excluding carboxylic acids is 2. The molecule has 3 saturated carbocycles. The minimum atomic E-state index is -0.110. The number of hydrogen-bond donors (Lipinski definition) is 0. The molecule has 0 heterocycles. The van der Waals surface area contributed by atoms with Crippen LogP contribution in [0.25, 0.3) is 0 Å². The van der Waals surface area contributed by atoms with Gasteiger partial charge in [0.25, 0.3) is 0 Å². The molecule has 3 fully saturated rings. The molecule has 3 aliphatic rings. The van der Waals surface area contributed by atoms with Gasteiger partial charge in [-0.25, -0.2) is 0 Å². The summed E-state index contributed by atoms with van der Waals surface area (Å²) in [6, 6.07) is 2.19. The summed E-state index contributed by atoms with van der Waals surface area (Å²) in [5, 5.41) is 8.80. The van der Waals surface area contributed by atoms with Crippen LogP contribution in [-0.2, 0) is 9.59 Å². The van der Waals surface area contributed by atoms with Gasteiger partial charge in [0.15, 0.2) is 0 Å². The van der Waals surface area contributed by atoms with Crippen molar-refractivity contribution in [1.29, 1.82) is 5.26 Å². The Labute approximate surface area is 120 Å². The van der Waals surface area contributed by atoms with Gasteiger partial charge in [-0.3, -0.25) is 9.59 Å². The first kappa shape index (κ1) is 13.8. The van der Waals surface area contributed by atoms with Crippen LogP contribution in [0.5, 0.6) is 0 Å². The molecular weight excluding hydrogens is 250 g/mol. The van der Waals surface area contributed by atoms with E-state index in [2.05, 4.69) is 13.0 Å². The van der Waals surface area contributed by atoms with Crippen molar-refractivity contribution in [2.24, 2.45) is 29.1 Å². The van der Waals surface area contributed by atoms with Crippen LogP contribution in [0.3, 0.4) is 0 Å². The molecule has 108 valence electrons. The predicted molar refractivity (Wildman–Crippen MR) is 74.6 cm³/mol. The van der Waals surface area contributed by atoms with Crippen molar-refractivity contribution in [2.75, 3.05) is 0 Å². The fourth-order valence-electron chi connectivity index (χ4n) is 5.33. The van der Waals surface area contributed by atoms with Gasteiger partial charge in [-0.1, -0.05) is 6.92 Å². The number of ketones is 2. The van der Waals surface area contributed by atoms with Gasteiger partial charge in [0.1, 0.15) is 11.6 Å². The van der Waals surface area contributed by atoms with Gasteiger partial charge in [-0.2, -0.15) is 5.26 Å². The third kappa shape index (κ3) is 1.92. The van der Waals surface area contributed by atoms with Gasteiger partial charge in [0.2, 0.25) is 0 Å². The highest BCUT2D eigenvalue weighted by atomic mass is 16.1. The van der Waals surface area contributed by atoms with Crippen LogP contribution in [-0.4, -0.2) is 11.6 Å². The van der Waals surface area contributed by atoms with Crippen LogP contribution in [0.1, 0.15) is 58.3 Å². The molecule has 0 saturated heterocycles. The summed E-state index contributed by atoms with van der Waals surface area (Å²) in [5.74, 6) is 2.39. The molecule has 3 heteroatoms. The van der Waals surface area contributed by atoms with Gasteiger partial charge in [0.05, 0.1) is 6.07 Å². The Morgan fingerprint density at radius 1 is 1.20 bits per heavy atom. The summed E-state index contributed by atoms with van der Waals surface area (Å²) < 4.78 is 0. The third-order valence-electron chi connectivity index (χ3n) is 6.42. The van der Waals surface area contributed by atoms with E-state index in [4.69, 9.17) is 5.26 Å². The molecule has 0 aromatic carbocycles. The smallest absolute Gasteiger partial charge is 0.139 e. The molecule has 0 aromatic heterocycles. The minimum Gasteiger partial charge on any atom is -0.299 e. The van der Waals surface area contributed by atoms with E-state index >= 15 is 0 Å². The minimum absolute atomic E-state index is 0.0913. The lowest BCUT2D eigenvalue weighted by atomic mass is 9.53. The van der Waals surface area contributed by atoms with Gasteiger partial charge in [-0.05, 0) is 49.9 Å². The molecule has 0 radical (unpaired) electrons. The number of Topliss-reactive ketones (excluding diaryl/α,β-unsaturated/α-hetero) is 2. The molecule has 3 nitrogen and oxygen atoms in total. The second-order valence-corrected chi connectivity index (χ2v) is 7.16. The second-order valence-electron chi connectivity index (χ2n) is 7.16. The van der Waals surface area contributed by atoms with Crippen molar-refractivity contribution in [3.8, 4) is 6.07 Å². The van der Waals surface area contributed by atoms with E-state index in [0.717, 1.165) is 38.5 Å². The molecule has 5 atom stereocenters. The summed E-state index contributed by atoms with van der Waals surface area (Å²) >= 11 is 0. The molecule has 0 aliphatic heterocycles. The fourth-order valence-corrected chi connectivity index (χ4v) is 5.33. The molecule has 0 spiro atoms. The normalized spacial score (nSPS) is 43.8. The Morgan fingerprint density at radius 2 is 2.00 bits per heavy atom. The van der Waals surface area contributed by atoms with Crippen molar-refractivity contribution in [2.45, 2.75) is 58.3 Å². The molecule has 3 aliphatic carbocycles. The quantitative estimate of drug-likeness (QED) is 0.775. The third-order valence-corrected chi connectivity index (χ3v) is 6.42. The molecular formula is C17H23NO2. The van der Waals surface area contributed by atoms with E-state index < -0.39 is 0 Å². The van der Waals surface area contributed by atoms with Crippen molar-refractivity contribution in [3.63, 3.8) is 0 Å². The SMILES string of the molecule is C[C@@]12CCC3C(CCC#N)C(=O)CCC3C1CCC2=O. The number of carbonyl (C=O) groups is 2. The highest BCUT2D eigenvalue weighted by Gasteiger charge is 2.56. The van der Waals surface area contributed by atoms with Crippen molar-refractivity contribution < 1.29 is 9.59 Å². The van der Waals surface area contributed by atoms with Gasteiger partial charge < -0.3 is 0 Å². The predicted octanol–water partition coefficient (Wildman–Crippen LogP) is 3.28. The lowest BCUT2D eigenvalue weighted by Gasteiger charge is -2.50. The molecule has 0 amide bonds. The fraction of sp³-hybridized carbons (Fsp3) is 0.824. The van der Waals surface area contributed by atoms with Crippen LogP contribution in [0.4, 0.5) is 0 Å². The second kappa shape index (κ2) is 4.98. The number of nitriles is 1. The van der Waals surface area contributed by atoms with Crippen LogP contribution < -0.4 is 0 Å². The lowest BCUT2D eigenvalue weighted by Crippen LogP contribution is -2.47. The van der Waals surface area contributed by atoms with Gasteiger partial charge in [0, 0.05) is 30.6 Å². The van der Waals surface area contributed by atoms with E-state index in [0.29, 0.717) is 42.2 Å². The molecule has 4 unspecified atom stereocenters. The maximum Gasteiger partial charge on any atom is 0.139 e. The van der Waals surface area contributed by atoms with Crippen LogP contribution in [0.15, 0.2) is 0 Å². The maximum atomic E-state index is 12.2. The first-order chi connectivity index (χ1) is 9.58. The lowest BCUT2D eigenvalue weighted by molar-refractivity contribution is -0.137. The monoisotopic (exact) mass is 273 g/mol. The largest absolute Gasteiger partial charge is 0.299 e. The average molecular weight is 273 g/mol. The van der Waals surface area contributed by atoms with Crippen LogP contribution in [0.2, 0.25) is 0 Å². The van der Waals surface area contributed by atoms with E-state index in [9.17, 15) is 9.59 Å². The van der Waals surface area contributed by atoms with E-state index in [-0.39, 0.29) is 11.3 Å². The van der Waals surface area contributed by atoms with Crippen molar-refractivity contribution in [1.82, 2.24) is 0 Å². The first-order valence-corrected chi connectivity index (χ1v) is 8.01. The Balaban J connectivity index is 1.83. The zero-order valence-electron chi connectivity index (χ0n) is 12.2. The summed E-state index contributed by atoms with van der Waals surface area (Å²) in [5.41, 5.74) is -0.110. The van der Waals surface area contributed by atoms with Crippen molar-refractivity contribution >= 4 is 11.6 Å². The number of nitrogens with zero attached hydrogens (tertiary/aromatic N) is 1. The first-order valence-electron chi connectivity index (χ1n) is 8.01. The number of hydrogen-bond acceptors (Lipinski definition) is 3. The molecule has 0 bridgehead atoms. The Hall–Kier alpha value is -1.17. The highest BCUT2D eigenvalue weighted by Crippen LogP contribution is 2.58. The van der Waals surface area contributed by atoms with E-state index in [1.165, 1.54) is 0 Å². The van der Waals surface area contributed by atoms with Crippen LogP contribution in [0, 0.1) is 40.4 Å². The zero-order chi connectivity index (χ0) is 14.3. The molecule has 20 heavy (non-hydrogen) atoms. The summed E-state index contributed by atoms with van der Waals surface area (Å²) in [4.78, 5) is 24.4. The Kier molecular flexibility index (Phi) is 3.44. The standard InChI is InChI=1S/C17H23NO2/c1-17-9-8-11-12(14(17)5-7-16(17)20)4-6-15(19)13(11)3-2-10-18/h11-14H,2-9H2,1H3/t11?,12?,13?,14?,17-/m1/s1. The summed E-state index contributed by atoms with van der Waals surface area (Å²) in [6.45, 7) is 2.16. The van der Waals surface area contributed by atoms with Crippen molar-refractivity contribution in [3.05, 3.63) is 0 Å². The maximum absolute atomic E-state index is 12.2. The molecule has 0 N–H and O–H groups in total. The average Bonchev–Trinajstić information content (AvgIpc) is 2.74. The number of fused-ring (bicyclic) bond motifs is 3. The van der Waals surface area contributed by atoms with Crippen LogP contribution >= 0.6 is 0 Å². The Bertz CT molecular complexity index is 478. The Morgan fingerprint density at radius 3 is 2.75 bits per heavy atom. The highest BCUT2D eigenvalue weighted by molar-refractivity contribution is 5.87. The number of rotatable bonds is 2. The van der Waals surface area contributed by atoms with Gasteiger partial charge >= 0.3 is 0 Å². The topological polar surface area (TPSA) is 57.9 Å². The van der Waals surface area contributed by atoms with E-state index in [1.807, 2.05) is 0 Å². The summed E-state index contributed by atoms with van der Waals surface area (Å²) in [7, 11) is 0. The molecule has 0 aromatic rings. The van der Waals surface area contributed by atoms with Gasteiger partial charge in [-0.15, -0.1) is 0 Å². The summed E-state index contributed by atoms with van der Waals surface area (Å²) in [6.07, 6.45) is 6.57. The zero-order valence-corrected chi connectivity index (χ0v) is 12.2. The molecule has 3 rings (SSSR count).